The van der Waals surface area contributed by atoms with E-state index < -0.39 is 0 Å². The van der Waals surface area contributed by atoms with E-state index in [0.29, 0.717) is 0 Å². The van der Waals surface area contributed by atoms with E-state index in [0.717, 1.165) is 35.6 Å². The number of aryl methyl sites for hydroxylation is 1. The lowest BCUT2D eigenvalue weighted by Crippen LogP contribution is -2.36. The molecular weight excluding hydrogens is 254 g/mol. The molecule has 3 aliphatic carbocycles. The van der Waals surface area contributed by atoms with Crippen LogP contribution in [-0.4, -0.2) is 12.6 Å². The van der Waals surface area contributed by atoms with Gasteiger partial charge in [0.25, 0.3) is 0 Å². The molecule has 1 N–H and O–H groups in total. The third kappa shape index (κ3) is 2.44. The summed E-state index contributed by atoms with van der Waals surface area (Å²) in [7, 11) is 0. The lowest BCUT2D eigenvalue weighted by Gasteiger charge is -2.22. The van der Waals surface area contributed by atoms with Crippen LogP contribution in [0.15, 0.2) is 24.3 Å². The predicted octanol–water partition coefficient (Wildman–Crippen LogP) is 4.20. The Bertz CT molecular complexity index is 492. The Morgan fingerprint density at radius 2 is 1.95 bits per heavy atom. The molecule has 0 heterocycles. The molecular formula is C20H29N. The van der Waals surface area contributed by atoms with E-state index in [-0.39, 0.29) is 0 Å². The molecule has 1 heteroatoms. The lowest BCUT2D eigenvalue weighted by atomic mass is 9.93. The maximum Gasteiger partial charge on any atom is 0.0141 e. The summed E-state index contributed by atoms with van der Waals surface area (Å²) < 4.78 is 0. The average molecular weight is 283 g/mol. The third-order valence-corrected chi connectivity index (χ3v) is 6.45. The van der Waals surface area contributed by atoms with Gasteiger partial charge in [-0.1, -0.05) is 36.8 Å². The van der Waals surface area contributed by atoms with E-state index >= 15 is 0 Å². The molecule has 0 radical (unpaired) electrons. The molecule has 0 aliphatic heterocycles. The van der Waals surface area contributed by atoms with E-state index in [1.807, 2.05) is 0 Å². The van der Waals surface area contributed by atoms with Crippen molar-refractivity contribution in [1.82, 2.24) is 5.32 Å². The SMILES string of the molecule is CCCNC(Cc1cccc(C)c1)C1C2C3CCC(C3)C21. The van der Waals surface area contributed by atoms with Gasteiger partial charge in [-0.25, -0.2) is 0 Å². The van der Waals surface area contributed by atoms with Gasteiger partial charge in [-0.3, -0.25) is 0 Å². The number of hydrogen-bond acceptors (Lipinski definition) is 1. The Hall–Kier alpha value is -0.820. The number of hydrogen-bond donors (Lipinski definition) is 1. The molecule has 2 bridgehead atoms. The Kier molecular flexibility index (Phi) is 3.57. The maximum absolute atomic E-state index is 3.90. The van der Waals surface area contributed by atoms with Gasteiger partial charge >= 0.3 is 0 Å². The minimum Gasteiger partial charge on any atom is -0.313 e. The first-order chi connectivity index (χ1) is 10.3. The van der Waals surface area contributed by atoms with Gasteiger partial charge in [0, 0.05) is 6.04 Å². The zero-order valence-corrected chi connectivity index (χ0v) is 13.5. The lowest BCUT2D eigenvalue weighted by molar-refractivity contribution is 0.361. The van der Waals surface area contributed by atoms with Crippen LogP contribution in [0.5, 0.6) is 0 Å². The van der Waals surface area contributed by atoms with Crippen molar-refractivity contribution in [3.63, 3.8) is 0 Å². The van der Waals surface area contributed by atoms with Crippen LogP contribution < -0.4 is 5.32 Å². The van der Waals surface area contributed by atoms with Gasteiger partial charge in [0.05, 0.1) is 0 Å². The summed E-state index contributed by atoms with van der Waals surface area (Å²) >= 11 is 0. The van der Waals surface area contributed by atoms with Crippen LogP contribution in [0.25, 0.3) is 0 Å². The Balaban J connectivity index is 1.47. The monoisotopic (exact) mass is 283 g/mol. The Morgan fingerprint density at radius 1 is 1.19 bits per heavy atom. The first-order valence-corrected chi connectivity index (χ1v) is 9.07. The van der Waals surface area contributed by atoms with Gasteiger partial charge < -0.3 is 5.32 Å². The van der Waals surface area contributed by atoms with Crippen molar-refractivity contribution in [3.8, 4) is 0 Å². The first-order valence-electron chi connectivity index (χ1n) is 9.07. The minimum atomic E-state index is 0.727. The number of fused-ring (bicyclic) bond motifs is 5. The van der Waals surface area contributed by atoms with Gasteiger partial charge in [0.1, 0.15) is 0 Å². The molecule has 5 unspecified atom stereocenters. The fourth-order valence-electron chi connectivity index (χ4n) is 5.70. The fourth-order valence-corrected chi connectivity index (χ4v) is 5.70. The highest BCUT2D eigenvalue weighted by atomic mass is 14.9. The van der Waals surface area contributed by atoms with E-state index in [2.05, 4.69) is 43.4 Å². The summed E-state index contributed by atoms with van der Waals surface area (Å²) in [5, 5.41) is 3.90. The van der Waals surface area contributed by atoms with E-state index in [4.69, 9.17) is 0 Å². The number of benzene rings is 1. The topological polar surface area (TPSA) is 12.0 Å². The second kappa shape index (κ2) is 5.43. The van der Waals surface area contributed by atoms with Crippen molar-refractivity contribution in [1.29, 1.82) is 0 Å². The van der Waals surface area contributed by atoms with Gasteiger partial charge in [-0.15, -0.1) is 0 Å². The molecule has 4 rings (SSSR count). The summed E-state index contributed by atoms with van der Waals surface area (Å²) in [6.07, 6.45) is 7.12. The third-order valence-electron chi connectivity index (χ3n) is 6.45. The molecule has 3 fully saturated rings. The number of nitrogens with one attached hydrogen (secondary N) is 1. The normalized spacial score (nSPS) is 37.5. The van der Waals surface area contributed by atoms with E-state index in [1.165, 1.54) is 43.4 Å². The zero-order chi connectivity index (χ0) is 14.4. The van der Waals surface area contributed by atoms with Crippen molar-refractivity contribution in [3.05, 3.63) is 35.4 Å². The molecule has 21 heavy (non-hydrogen) atoms. The molecule has 1 nitrogen and oxygen atoms in total. The zero-order valence-electron chi connectivity index (χ0n) is 13.5. The van der Waals surface area contributed by atoms with Gasteiger partial charge in [-0.2, -0.15) is 0 Å². The summed E-state index contributed by atoms with van der Waals surface area (Å²) in [4.78, 5) is 0. The van der Waals surface area contributed by atoms with Crippen LogP contribution >= 0.6 is 0 Å². The smallest absolute Gasteiger partial charge is 0.0141 e. The molecule has 114 valence electrons. The molecule has 1 aromatic carbocycles. The van der Waals surface area contributed by atoms with Crippen molar-refractivity contribution < 1.29 is 0 Å². The van der Waals surface area contributed by atoms with Crippen LogP contribution in [0.2, 0.25) is 0 Å². The quantitative estimate of drug-likeness (QED) is 0.825. The molecule has 0 spiro atoms. The second-order valence-electron chi connectivity index (χ2n) is 7.82. The molecule has 0 saturated heterocycles. The molecule has 3 aliphatic rings. The fraction of sp³-hybridized carbons (Fsp3) is 0.700. The van der Waals surface area contributed by atoms with E-state index in [1.54, 1.807) is 6.42 Å². The second-order valence-corrected chi connectivity index (χ2v) is 7.82. The van der Waals surface area contributed by atoms with Crippen molar-refractivity contribution in [2.45, 2.75) is 52.0 Å². The number of rotatable bonds is 6. The highest BCUT2D eigenvalue weighted by Gasteiger charge is 2.66. The summed E-state index contributed by atoms with van der Waals surface area (Å²) in [6.45, 7) is 5.68. The van der Waals surface area contributed by atoms with Crippen LogP contribution in [0.4, 0.5) is 0 Å². The van der Waals surface area contributed by atoms with Crippen LogP contribution in [0, 0.1) is 36.5 Å². The minimum absolute atomic E-state index is 0.727. The van der Waals surface area contributed by atoms with Gasteiger partial charge in [-0.05, 0) is 80.7 Å². The highest BCUT2D eigenvalue weighted by molar-refractivity contribution is 5.25. The van der Waals surface area contributed by atoms with Crippen LogP contribution in [0.3, 0.4) is 0 Å². The van der Waals surface area contributed by atoms with Crippen molar-refractivity contribution in [2.24, 2.45) is 29.6 Å². The van der Waals surface area contributed by atoms with Crippen LogP contribution in [-0.2, 0) is 6.42 Å². The Labute approximate surface area is 129 Å². The highest BCUT2D eigenvalue weighted by Crippen LogP contribution is 2.70. The van der Waals surface area contributed by atoms with Crippen LogP contribution in [0.1, 0.15) is 43.7 Å². The largest absolute Gasteiger partial charge is 0.313 e. The van der Waals surface area contributed by atoms with E-state index in [9.17, 15) is 0 Å². The van der Waals surface area contributed by atoms with Gasteiger partial charge in [0.15, 0.2) is 0 Å². The average Bonchev–Trinajstić information content (AvgIpc) is 2.90. The maximum atomic E-state index is 3.90. The Morgan fingerprint density at radius 3 is 2.62 bits per heavy atom. The molecule has 0 amide bonds. The van der Waals surface area contributed by atoms with Crippen molar-refractivity contribution in [2.75, 3.05) is 6.54 Å². The first kappa shape index (κ1) is 13.8. The summed E-state index contributed by atoms with van der Waals surface area (Å²) in [5.74, 6) is 5.34. The summed E-state index contributed by atoms with van der Waals surface area (Å²) in [6, 6.07) is 9.86. The molecule has 5 atom stereocenters. The molecule has 0 aromatic heterocycles. The molecule has 3 saturated carbocycles. The van der Waals surface area contributed by atoms with Gasteiger partial charge in [0.2, 0.25) is 0 Å². The summed E-state index contributed by atoms with van der Waals surface area (Å²) in [5.41, 5.74) is 2.93. The standard InChI is InChI=1S/C20H29N/c1-3-9-21-17(11-14-6-4-5-13(2)10-14)20-18-15-7-8-16(12-15)19(18)20/h4-6,10,15-21H,3,7-9,11-12H2,1-2H3. The van der Waals surface area contributed by atoms with Crippen molar-refractivity contribution >= 4 is 0 Å². The predicted molar refractivity (Wildman–Crippen MR) is 88.3 cm³/mol. The molecule has 1 aromatic rings.